The lowest BCUT2D eigenvalue weighted by atomic mass is 9.95. The molecule has 1 aromatic rings. The van der Waals surface area contributed by atoms with Crippen LogP contribution in [0.3, 0.4) is 0 Å². The molecule has 2 fully saturated rings. The van der Waals surface area contributed by atoms with Gasteiger partial charge in [0.05, 0.1) is 0 Å². The van der Waals surface area contributed by atoms with Crippen molar-refractivity contribution in [3.05, 3.63) is 29.3 Å². The quantitative estimate of drug-likeness (QED) is 0.878. The number of hydrogen-bond donors (Lipinski definition) is 1. The zero-order chi connectivity index (χ0) is 14.1. The summed E-state index contributed by atoms with van der Waals surface area (Å²) in [7, 11) is 0. The van der Waals surface area contributed by atoms with Crippen molar-refractivity contribution in [1.29, 1.82) is 0 Å². The summed E-state index contributed by atoms with van der Waals surface area (Å²) < 4.78 is 0. The predicted octanol–water partition coefficient (Wildman–Crippen LogP) is 3.73. The highest BCUT2D eigenvalue weighted by Crippen LogP contribution is 2.29. The van der Waals surface area contributed by atoms with E-state index in [0.29, 0.717) is 0 Å². The highest BCUT2D eigenvalue weighted by molar-refractivity contribution is 5.51. The molecule has 3 rings (SSSR count). The lowest BCUT2D eigenvalue weighted by molar-refractivity contribution is 0.423. The SMILES string of the molecule is Cc1cc(N2CCC(C(C)C)C2)ccc1CNC1CC1. The third-order valence-corrected chi connectivity index (χ3v) is 5.02. The molecule has 1 heterocycles. The van der Waals surface area contributed by atoms with Crippen LogP contribution in [0.25, 0.3) is 0 Å². The van der Waals surface area contributed by atoms with Crippen LogP contribution in [-0.4, -0.2) is 19.1 Å². The Hall–Kier alpha value is -1.02. The normalized spacial score (nSPS) is 22.8. The Morgan fingerprint density at radius 1 is 1.25 bits per heavy atom. The maximum absolute atomic E-state index is 3.61. The molecule has 1 aliphatic heterocycles. The molecular weight excluding hydrogens is 244 g/mol. The fourth-order valence-electron chi connectivity index (χ4n) is 3.18. The highest BCUT2D eigenvalue weighted by Gasteiger charge is 2.25. The first-order valence-electron chi connectivity index (χ1n) is 8.21. The number of aryl methyl sites for hydroxylation is 1. The summed E-state index contributed by atoms with van der Waals surface area (Å²) in [5.74, 6) is 1.68. The van der Waals surface area contributed by atoms with Gasteiger partial charge in [0.15, 0.2) is 0 Å². The van der Waals surface area contributed by atoms with Crippen molar-refractivity contribution in [3.8, 4) is 0 Å². The van der Waals surface area contributed by atoms with E-state index in [4.69, 9.17) is 0 Å². The van der Waals surface area contributed by atoms with Crippen molar-refractivity contribution in [1.82, 2.24) is 5.32 Å². The van der Waals surface area contributed by atoms with E-state index in [0.717, 1.165) is 24.4 Å². The van der Waals surface area contributed by atoms with Crippen LogP contribution in [0.15, 0.2) is 18.2 Å². The molecule has 0 spiro atoms. The minimum absolute atomic E-state index is 0.791. The zero-order valence-electron chi connectivity index (χ0n) is 13.2. The summed E-state index contributed by atoms with van der Waals surface area (Å²) in [6, 6.07) is 7.81. The van der Waals surface area contributed by atoms with Gasteiger partial charge in [-0.1, -0.05) is 19.9 Å². The Kier molecular flexibility index (Phi) is 4.02. The summed E-state index contributed by atoms with van der Waals surface area (Å²) in [5, 5.41) is 3.61. The Balaban J connectivity index is 1.64. The minimum atomic E-state index is 0.791. The molecule has 2 aliphatic rings. The topological polar surface area (TPSA) is 15.3 Å². The third-order valence-electron chi connectivity index (χ3n) is 5.02. The van der Waals surface area contributed by atoms with Crippen LogP contribution < -0.4 is 10.2 Å². The van der Waals surface area contributed by atoms with Crippen molar-refractivity contribution in [3.63, 3.8) is 0 Å². The molecule has 1 atom stereocenters. The number of nitrogens with zero attached hydrogens (tertiary/aromatic N) is 1. The molecule has 0 amide bonds. The first-order valence-corrected chi connectivity index (χ1v) is 8.21. The molecule has 1 aliphatic carbocycles. The number of benzene rings is 1. The third kappa shape index (κ3) is 3.17. The van der Waals surface area contributed by atoms with Gasteiger partial charge in [-0.15, -0.1) is 0 Å². The molecule has 2 nitrogen and oxygen atoms in total. The highest BCUT2D eigenvalue weighted by atomic mass is 15.1. The lowest BCUT2D eigenvalue weighted by Crippen LogP contribution is -2.21. The summed E-state index contributed by atoms with van der Waals surface area (Å²) in [4.78, 5) is 2.57. The summed E-state index contributed by atoms with van der Waals surface area (Å²) in [5.41, 5.74) is 4.31. The molecule has 1 aromatic carbocycles. The second kappa shape index (κ2) is 5.77. The predicted molar refractivity (Wildman–Crippen MR) is 86.2 cm³/mol. The van der Waals surface area contributed by atoms with Gasteiger partial charge in [0, 0.05) is 31.4 Å². The van der Waals surface area contributed by atoms with Crippen LogP contribution >= 0.6 is 0 Å². The van der Waals surface area contributed by atoms with Gasteiger partial charge in [-0.2, -0.15) is 0 Å². The van der Waals surface area contributed by atoms with Gasteiger partial charge in [0.2, 0.25) is 0 Å². The fourth-order valence-corrected chi connectivity index (χ4v) is 3.18. The van der Waals surface area contributed by atoms with Crippen molar-refractivity contribution in [2.24, 2.45) is 11.8 Å². The molecule has 1 saturated heterocycles. The Morgan fingerprint density at radius 3 is 2.65 bits per heavy atom. The van der Waals surface area contributed by atoms with Gasteiger partial charge in [-0.25, -0.2) is 0 Å². The molecule has 2 heteroatoms. The minimum Gasteiger partial charge on any atom is -0.371 e. The Morgan fingerprint density at radius 2 is 2.05 bits per heavy atom. The van der Waals surface area contributed by atoms with Crippen LogP contribution in [0.1, 0.15) is 44.2 Å². The maximum atomic E-state index is 3.61. The van der Waals surface area contributed by atoms with Gasteiger partial charge in [-0.05, 0) is 61.3 Å². The van der Waals surface area contributed by atoms with E-state index in [1.807, 2.05) is 0 Å². The first-order chi connectivity index (χ1) is 9.63. The van der Waals surface area contributed by atoms with Crippen molar-refractivity contribution >= 4 is 5.69 Å². The number of nitrogens with one attached hydrogen (secondary N) is 1. The van der Waals surface area contributed by atoms with Gasteiger partial charge < -0.3 is 10.2 Å². The fraction of sp³-hybridized carbons (Fsp3) is 0.667. The van der Waals surface area contributed by atoms with E-state index in [2.05, 4.69) is 49.2 Å². The van der Waals surface area contributed by atoms with E-state index in [1.54, 1.807) is 0 Å². The van der Waals surface area contributed by atoms with Crippen molar-refractivity contribution in [2.45, 2.75) is 52.6 Å². The molecule has 0 bridgehead atoms. The molecule has 0 aromatic heterocycles. The van der Waals surface area contributed by atoms with E-state index < -0.39 is 0 Å². The zero-order valence-corrected chi connectivity index (χ0v) is 13.2. The molecule has 20 heavy (non-hydrogen) atoms. The van der Waals surface area contributed by atoms with Crippen LogP contribution in [0.2, 0.25) is 0 Å². The smallest absolute Gasteiger partial charge is 0.0369 e. The lowest BCUT2D eigenvalue weighted by Gasteiger charge is -2.21. The molecule has 0 radical (unpaired) electrons. The largest absolute Gasteiger partial charge is 0.371 e. The molecule has 110 valence electrons. The Bertz CT molecular complexity index is 462. The van der Waals surface area contributed by atoms with Crippen LogP contribution in [0, 0.1) is 18.8 Å². The van der Waals surface area contributed by atoms with E-state index >= 15 is 0 Å². The van der Waals surface area contributed by atoms with Crippen molar-refractivity contribution < 1.29 is 0 Å². The first kappa shape index (κ1) is 13.9. The average molecular weight is 272 g/mol. The van der Waals surface area contributed by atoms with Gasteiger partial charge >= 0.3 is 0 Å². The Labute approximate surface area is 123 Å². The van der Waals surface area contributed by atoms with E-state index in [-0.39, 0.29) is 0 Å². The van der Waals surface area contributed by atoms with E-state index in [9.17, 15) is 0 Å². The number of hydrogen-bond acceptors (Lipinski definition) is 2. The van der Waals surface area contributed by atoms with Crippen LogP contribution in [0.4, 0.5) is 5.69 Å². The maximum Gasteiger partial charge on any atom is 0.0369 e. The van der Waals surface area contributed by atoms with Gasteiger partial charge in [0.25, 0.3) is 0 Å². The van der Waals surface area contributed by atoms with Gasteiger partial charge in [0.1, 0.15) is 0 Å². The second-order valence-electron chi connectivity index (χ2n) is 7.00. The monoisotopic (exact) mass is 272 g/mol. The molecule has 1 N–H and O–H groups in total. The molecule has 1 unspecified atom stereocenters. The van der Waals surface area contributed by atoms with Gasteiger partial charge in [-0.3, -0.25) is 0 Å². The van der Waals surface area contributed by atoms with Crippen LogP contribution in [0.5, 0.6) is 0 Å². The number of anilines is 1. The number of rotatable bonds is 5. The molecular formula is C18H28N2. The standard InChI is InChI=1S/C18H28N2/c1-13(2)16-8-9-20(12-16)18-7-4-15(14(3)10-18)11-19-17-5-6-17/h4,7,10,13,16-17,19H,5-6,8-9,11-12H2,1-3H3. The summed E-state index contributed by atoms with van der Waals surface area (Å²) >= 11 is 0. The second-order valence-corrected chi connectivity index (χ2v) is 7.00. The summed E-state index contributed by atoms with van der Waals surface area (Å²) in [6.07, 6.45) is 4.07. The average Bonchev–Trinajstić information content (AvgIpc) is 3.11. The molecule has 1 saturated carbocycles. The van der Waals surface area contributed by atoms with E-state index in [1.165, 1.54) is 49.2 Å². The summed E-state index contributed by atoms with van der Waals surface area (Å²) in [6.45, 7) is 10.5. The van der Waals surface area contributed by atoms with Crippen molar-refractivity contribution in [2.75, 3.05) is 18.0 Å². The van der Waals surface area contributed by atoms with Crippen LogP contribution in [-0.2, 0) is 6.54 Å².